The summed E-state index contributed by atoms with van der Waals surface area (Å²) in [6.45, 7) is 5.84. The summed E-state index contributed by atoms with van der Waals surface area (Å²) in [4.78, 5) is 51.0. The number of fused-ring (bicyclic) bond motifs is 1. The summed E-state index contributed by atoms with van der Waals surface area (Å²) in [6.07, 6.45) is 1.75. The van der Waals surface area contributed by atoms with Crippen LogP contribution in [0.1, 0.15) is 64.7 Å². The van der Waals surface area contributed by atoms with Gasteiger partial charge in [-0.1, -0.05) is 13.3 Å². The normalized spacial score (nSPS) is 13.5. The Labute approximate surface area is 186 Å². The van der Waals surface area contributed by atoms with Crippen molar-refractivity contribution in [3.8, 4) is 5.75 Å². The highest BCUT2D eigenvalue weighted by Gasteiger charge is 2.37. The third kappa shape index (κ3) is 4.96. The average molecular weight is 438 g/mol. The van der Waals surface area contributed by atoms with Gasteiger partial charge in [-0.05, 0) is 62.7 Å². The number of hydrogen-bond donors (Lipinski definition) is 1. The highest BCUT2D eigenvalue weighted by atomic mass is 16.5. The molecule has 1 heterocycles. The molecule has 1 unspecified atom stereocenters. The first-order valence-corrected chi connectivity index (χ1v) is 10.6. The third-order valence-electron chi connectivity index (χ3n) is 4.99. The largest absolute Gasteiger partial charge is 0.494 e. The highest BCUT2D eigenvalue weighted by Crippen LogP contribution is 2.30. The number of benzene rings is 2. The number of anilines is 1. The van der Waals surface area contributed by atoms with Crippen molar-refractivity contribution in [2.45, 2.75) is 39.7 Å². The smallest absolute Gasteiger partial charge is 0.338 e. The predicted molar refractivity (Wildman–Crippen MR) is 118 cm³/mol. The van der Waals surface area contributed by atoms with Crippen LogP contribution in [-0.2, 0) is 9.53 Å². The van der Waals surface area contributed by atoms with Gasteiger partial charge in [0.2, 0.25) is 0 Å². The topological polar surface area (TPSA) is 102 Å². The first-order chi connectivity index (χ1) is 15.3. The maximum atomic E-state index is 12.9. The average Bonchev–Trinajstić information content (AvgIpc) is 3.02. The number of ether oxygens (including phenoxy) is 2. The second-order valence-corrected chi connectivity index (χ2v) is 7.47. The lowest BCUT2D eigenvalue weighted by molar-refractivity contribution is -0.124. The first-order valence-electron chi connectivity index (χ1n) is 10.6. The van der Waals surface area contributed by atoms with Gasteiger partial charge in [0, 0.05) is 6.04 Å². The van der Waals surface area contributed by atoms with Crippen LogP contribution in [0.25, 0.3) is 0 Å². The molecule has 0 radical (unpaired) electrons. The minimum atomic E-state index is -0.745. The van der Waals surface area contributed by atoms with Gasteiger partial charge < -0.3 is 14.8 Å². The lowest BCUT2D eigenvalue weighted by Crippen LogP contribution is -2.35. The van der Waals surface area contributed by atoms with E-state index >= 15 is 0 Å². The molecule has 1 aliphatic rings. The zero-order chi connectivity index (χ0) is 23.3. The van der Waals surface area contributed by atoms with Crippen LogP contribution < -0.4 is 15.0 Å². The van der Waals surface area contributed by atoms with E-state index in [-0.39, 0.29) is 22.7 Å². The van der Waals surface area contributed by atoms with E-state index in [4.69, 9.17) is 9.47 Å². The van der Waals surface area contributed by atoms with Gasteiger partial charge in [-0.15, -0.1) is 0 Å². The lowest BCUT2D eigenvalue weighted by atomic mass is 10.1. The maximum absolute atomic E-state index is 12.9. The summed E-state index contributed by atoms with van der Waals surface area (Å²) in [5.41, 5.74) is 0.806. The van der Waals surface area contributed by atoms with E-state index in [0.717, 1.165) is 17.7 Å². The minimum absolute atomic E-state index is 0.0107. The van der Waals surface area contributed by atoms with E-state index in [0.29, 0.717) is 18.0 Å². The number of nitrogens with one attached hydrogen (secondary N) is 1. The standard InChI is InChI=1S/C24H26N2O6/c1-4-6-15(3)25-21(27)14-32-24(30)16-7-12-19-20(13-16)23(29)26(22(19)28)17-8-10-18(11-9-17)31-5-2/h7-13,15H,4-6,14H2,1-3H3,(H,25,27). The van der Waals surface area contributed by atoms with Crippen LogP contribution in [0.5, 0.6) is 5.75 Å². The fraction of sp³-hybridized carbons (Fsp3) is 0.333. The van der Waals surface area contributed by atoms with Crippen LogP contribution in [0.4, 0.5) is 5.69 Å². The Balaban J connectivity index is 1.70. The van der Waals surface area contributed by atoms with Crippen LogP contribution in [-0.4, -0.2) is 42.9 Å². The van der Waals surface area contributed by atoms with Crippen molar-refractivity contribution in [2.75, 3.05) is 18.1 Å². The molecule has 2 aromatic rings. The fourth-order valence-electron chi connectivity index (χ4n) is 3.50. The molecule has 168 valence electrons. The second-order valence-electron chi connectivity index (χ2n) is 7.47. The van der Waals surface area contributed by atoms with Crippen LogP contribution in [0.3, 0.4) is 0 Å². The Morgan fingerprint density at radius 2 is 1.69 bits per heavy atom. The Kier molecular flexibility index (Phi) is 7.25. The molecule has 1 atom stereocenters. The molecule has 8 nitrogen and oxygen atoms in total. The van der Waals surface area contributed by atoms with Crippen LogP contribution in [0.15, 0.2) is 42.5 Å². The van der Waals surface area contributed by atoms with Crippen LogP contribution in [0.2, 0.25) is 0 Å². The molecule has 0 spiro atoms. The lowest BCUT2D eigenvalue weighted by Gasteiger charge is -2.14. The fourth-order valence-corrected chi connectivity index (χ4v) is 3.50. The van der Waals surface area contributed by atoms with Gasteiger partial charge in [0.15, 0.2) is 6.61 Å². The number of hydrogen-bond acceptors (Lipinski definition) is 6. The molecule has 0 aliphatic carbocycles. The molecule has 1 N–H and O–H groups in total. The van der Waals surface area contributed by atoms with E-state index in [1.54, 1.807) is 24.3 Å². The van der Waals surface area contributed by atoms with Gasteiger partial charge in [0.1, 0.15) is 5.75 Å². The van der Waals surface area contributed by atoms with Gasteiger partial charge in [0.05, 0.1) is 29.0 Å². The van der Waals surface area contributed by atoms with Crippen LogP contribution in [0, 0.1) is 0 Å². The Morgan fingerprint density at radius 1 is 1.00 bits per heavy atom. The third-order valence-corrected chi connectivity index (χ3v) is 4.99. The number of imide groups is 1. The van der Waals surface area contributed by atoms with Gasteiger partial charge in [-0.2, -0.15) is 0 Å². The molecule has 32 heavy (non-hydrogen) atoms. The first kappa shape index (κ1) is 23.0. The summed E-state index contributed by atoms with van der Waals surface area (Å²) in [6, 6.07) is 10.7. The van der Waals surface area contributed by atoms with Crippen molar-refractivity contribution in [1.29, 1.82) is 0 Å². The Hall–Kier alpha value is -3.68. The molecular formula is C24H26N2O6. The molecule has 1 aliphatic heterocycles. The van der Waals surface area contributed by atoms with Crippen molar-refractivity contribution in [3.05, 3.63) is 59.2 Å². The molecule has 0 saturated carbocycles. The number of carbonyl (C=O) groups is 4. The van der Waals surface area contributed by atoms with Gasteiger partial charge in [0.25, 0.3) is 17.7 Å². The molecule has 0 bridgehead atoms. The highest BCUT2D eigenvalue weighted by molar-refractivity contribution is 6.34. The number of nitrogens with zero attached hydrogens (tertiary/aromatic N) is 1. The molecule has 0 aromatic heterocycles. The van der Waals surface area contributed by atoms with E-state index < -0.39 is 30.3 Å². The van der Waals surface area contributed by atoms with Crippen LogP contribution >= 0.6 is 0 Å². The predicted octanol–water partition coefficient (Wildman–Crippen LogP) is 3.35. The van der Waals surface area contributed by atoms with Crippen molar-refractivity contribution in [2.24, 2.45) is 0 Å². The molecule has 3 amide bonds. The molecule has 8 heteroatoms. The van der Waals surface area contributed by atoms with Gasteiger partial charge in [-0.25, -0.2) is 9.69 Å². The quantitative estimate of drug-likeness (QED) is 0.476. The Bertz CT molecular complexity index is 1030. The zero-order valence-electron chi connectivity index (χ0n) is 18.3. The number of amides is 3. The van der Waals surface area contributed by atoms with Crippen molar-refractivity contribution >= 4 is 29.4 Å². The van der Waals surface area contributed by atoms with Crippen molar-refractivity contribution in [3.63, 3.8) is 0 Å². The van der Waals surface area contributed by atoms with E-state index in [2.05, 4.69) is 5.32 Å². The molecule has 0 fully saturated rings. The summed E-state index contributed by atoms with van der Waals surface area (Å²) >= 11 is 0. The summed E-state index contributed by atoms with van der Waals surface area (Å²) in [5.74, 6) is -1.52. The summed E-state index contributed by atoms with van der Waals surface area (Å²) < 4.78 is 10.4. The summed E-state index contributed by atoms with van der Waals surface area (Å²) in [7, 11) is 0. The van der Waals surface area contributed by atoms with E-state index in [9.17, 15) is 19.2 Å². The minimum Gasteiger partial charge on any atom is -0.494 e. The number of esters is 1. The molecule has 3 rings (SSSR count). The monoisotopic (exact) mass is 438 g/mol. The number of rotatable bonds is 9. The van der Waals surface area contributed by atoms with E-state index in [1.165, 1.54) is 18.2 Å². The van der Waals surface area contributed by atoms with Gasteiger partial charge >= 0.3 is 5.97 Å². The van der Waals surface area contributed by atoms with E-state index in [1.807, 2.05) is 20.8 Å². The number of carbonyl (C=O) groups excluding carboxylic acids is 4. The van der Waals surface area contributed by atoms with Crippen molar-refractivity contribution in [1.82, 2.24) is 5.32 Å². The maximum Gasteiger partial charge on any atom is 0.338 e. The van der Waals surface area contributed by atoms with Gasteiger partial charge in [-0.3, -0.25) is 14.4 Å². The SMILES string of the molecule is CCCC(C)NC(=O)COC(=O)c1ccc2c(c1)C(=O)N(c1ccc(OCC)cc1)C2=O. The molecule has 2 aromatic carbocycles. The molecule has 0 saturated heterocycles. The molecular weight excluding hydrogens is 412 g/mol. The summed E-state index contributed by atoms with van der Waals surface area (Å²) in [5, 5.41) is 2.75. The Morgan fingerprint density at radius 3 is 2.34 bits per heavy atom. The van der Waals surface area contributed by atoms with Crippen molar-refractivity contribution < 1.29 is 28.7 Å². The second kappa shape index (κ2) is 10.1. The zero-order valence-corrected chi connectivity index (χ0v) is 18.3.